The Morgan fingerprint density at radius 1 is 1.33 bits per heavy atom. The molecule has 11 nitrogen and oxygen atoms in total. The summed E-state index contributed by atoms with van der Waals surface area (Å²) in [6.07, 6.45) is 0. The molecular formula is CHN7O4. The minimum absolute atomic E-state index is 0.455. The van der Waals surface area contributed by atoms with Gasteiger partial charge in [-0.1, -0.05) is 5.10 Å². The topological polar surface area (TPSA) is 144 Å². The van der Waals surface area contributed by atoms with Gasteiger partial charge < -0.3 is 0 Å². The first kappa shape index (κ1) is 7.77. The SMILES string of the molecule is O=[N+]([O-])N(c1nn[nH]n1)[N+](=O)[O-]. The van der Waals surface area contributed by atoms with Crippen LogP contribution in [-0.2, 0) is 0 Å². The van der Waals surface area contributed by atoms with Crippen LogP contribution in [0.4, 0.5) is 5.95 Å². The Bertz CT molecular complexity index is 276. The molecule has 1 rings (SSSR count). The highest BCUT2D eigenvalue weighted by Crippen LogP contribution is 2.01. The van der Waals surface area contributed by atoms with Crippen molar-refractivity contribution in [1.29, 1.82) is 0 Å². The zero-order valence-electron chi connectivity index (χ0n) is 5.32. The highest BCUT2D eigenvalue weighted by Gasteiger charge is 2.34. The van der Waals surface area contributed by atoms with Crippen molar-refractivity contribution in [3.8, 4) is 0 Å². The van der Waals surface area contributed by atoms with Crippen LogP contribution in [0, 0.1) is 20.2 Å². The molecule has 1 aromatic heterocycles. The lowest BCUT2D eigenvalue weighted by Gasteiger charge is -1.95. The first-order valence-electron chi connectivity index (χ1n) is 2.45. The number of anilines is 1. The summed E-state index contributed by atoms with van der Waals surface area (Å²) in [5.41, 5.74) is 0. The lowest BCUT2D eigenvalue weighted by molar-refractivity contribution is -0.713. The summed E-state index contributed by atoms with van der Waals surface area (Å²) in [6.45, 7) is 0. The van der Waals surface area contributed by atoms with Crippen LogP contribution in [0.2, 0.25) is 0 Å². The van der Waals surface area contributed by atoms with Crippen molar-refractivity contribution in [2.45, 2.75) is 0 Å². The number of rotatable bonds is 3. The second-order valence-corrected chi connectivity index (χ2v) is 1.48. The van der Waals surface area contributed by atoms with E-state index in [9.17, 15) is 20.2 Å². The Labute approximate surface area is 63.2 Å². The first-order valence-corrected chi connectivity index (χ1v) is 2.45. The minimum atomic E-state index is -1.27. The van der Waals surface area contributed by atoms with Gasteiger partial charge in [0.05, 0.1) is 0 Å². The largest absolute Gasteiger partial charge is 0.404 e. The number of aromatic amines is 1. The summed E-state index contributed by atoms with van der Waals surface area (Å²) in [6, 6.07) is 0. The van der Waals surface area contributed by atoms with Crippen LogP contribution in [0.5, 0.6) is 0 Å². The second kappa shape index (κ2) is 2.73. The Kier molecular flexibility index (Phi) is 1.77. The van der Waals surface area contributed by atoms with E-state index in [1.54, 1.807) is 0 Å². The van der Waals surface area contributed by atoms with Crippen LogP contribution >= 0.6 is 0 Å². The molecule has 0 aliphatic carbocycles. The van der Waals surface area contributed by atoms with Crippen LogP contribution in [-0.4, -0.2) is 30.7 Å². The highest BCUT2D eigenvalue weighted by atomic mass is 16.8. The quantitative estimate of drug-likeness (QED) is 0.426. The molecule has 0 fully saturated rings. The van der Waals surface area contributed by atoms with Crippen molar-refractivity contribution in [2.24, 2.45) is 0 Å². The van der Waals surface area contributed by atoms with Crippen LogP contribution in [0.15, 0.2) is 0 Å². The third-order valence-electron chi connectivity index (χ3n) is 0.822. The summed E-state index contributed by atoms with van der Waals surface area (Å²) in [5.74, 6) is -0.731. The molecule has 0 aromatic carbocycles. The van der Waals surface area contributed by atoms with Crippen molar-refractivity contribution in [2.75, 3.05) is 5.12 Å². The first-order chi connectivity index (χ1) is 5.63. The van der Waals surface area contributed by atoms with Gasteiger partial charge in [0, 0.05) is 0 Å². The number of aromatic nitrogens is 4. The van der Waals surface area contributed by atoms with E-state index in [1.165, 1.54) is 0 Å². The van der Waals surface area contributed by atoms with Gasteiger partial charge in [0.2, 0.25) is 15.2 Å². The zero-order valence-corrected chi connectivity index (χ0v) is 5.32. The molecule has 1 aromatic rings. The Morgan fingerprint density at radius 3 is 2.25 bits per heavy atom. The second-order valence-electron chi connectivity index (χ2n) is 1.48. The van der Waals surface area contributed by atoms with E-state index in [0.717, 1.165) is 0 Å². The molecule has 12 heavy (non-hydrogen) atoms. The number of H-pyrrole nitrogens is 1. The normalized spacial score (nSPS) is 9.33. The predicted molar refractivity (Wildman–Crippen MR) is 30.6 cm³/mol. The highest BCUT2D eigenvalue weighted by molar-refractivity contribution is 5.13. The van der Waals surface area contributed by atoms with Gasteiger partial charge in [0.15, 0.2) is 0 Å². The molecule has 0 saturated carbocycles. The standard InChI is InChI=1S/CHN7O4/c9-7(10)6(8(11)12)1-2-4-5-3-1/h(H,2,3,4,5). The van der Waals surface area contributed by atoms with Crippen molar-refractivity contribution in [3.05, 3.63) is 20.2 Å². The fraction of sp³-hybridized carbons (Fsp3) is 0. The van der Waals surface area contributed by atoms with Gasteiger partial charge in [0.25, 0.3) is 0 Å². The summed E-state index contributed by atoms with van der Waals surface area (Å²) in [5, 5.41) is 27.9. The van der Waals surface area contributed by atoms with E-state index in [4.69, 9.17) is 0 Å². The Morgan fingerprint density at radius 2 is 1.92 bits per heavy atom. The molecule has 0 amide bonds. The fourth-order valence-corrected chi connectivity index (χ4v) is 0.447. The van der Waals surface area contributed by atoms with Crippen LogP contribution in [0.3, 0.4) is 0 Å². The lowest BCUT2D eigenvalue weighted by atomic mass is 11.1. The molecule has 0 spiro atoms. The lowest BCUT2D eigenvalue weighted by Crippen LogP contribution is -2.36. The maximum absolute atomic E-state index is 10.0. The molecule has 1 heterocycles. The molecule has 64 valence electrons. The van der Waals surface area contributed by atoms with Gasteiger partial charge in [-0.25, -0.2) is 20.2 Å². The van der Waals surface area contributed by atoms with Crippen LogP contribution in [0.25, 0.3) is 0 Å². The van der Waals surface area contributed by atoms with Crippen molar-refractivity contribution in [3.63, 3.8) is 0 Å². The van der Waals surface area contributed by atoms with E-state index < -0.39 is 21.1 Å². The molecule has 0 atom stereocenters. The molecular weight excluding hydrogens is 174 g/mol. The maximum Gasteiger partial charge on any atom is 0.404 e. The molecule has 0 radical (unpaired) electrons. The molecule has 0 bridgehead atoms. The molecule has 0 aliphatic rings. The number of nitro groups is 2. The monoisotopic (exact) mass is 175 g/mol. The van der Waals surface area contributed by atoms with E-state index in [0.29, 0.717) is 0 Å². The van der Waals surface area contributed by atoms with E-state index in [2.05, 4.69) is 15.4 Å². The summed E-state index contributed by atoms with van der Waals surface area (Å²) in [7, 11) is 0. The van der Waals surface area contributed by atoms with Crippen molar-refractivity contribution < 1.29 is 10.1 Å². The number of nitrogens with one attached hydrogen (secondary N) is 1. The van der Waals surface area contributed by atoms with Crippen LogP contribution < -0.4 is 5.12 Å². The van der Waals surface area contributed by atoms with Crippen LogP contribution in [0.1, 0.15) is 0 Å². The molecule has 0 saturated heterocycles. The smallest absolute Gasteiger partial charge is 0.230 e. The van der Waals surface area contributed by atoms with Crippen molar-refractivity contribution >= 4 is 5.95 Å². The number of tetrazole rings is 1. The van der Waals surface area contributed by atoms with Gasteiger partial charge in [-0.05, 0) is 5.21 Å². The number of hydrazine groups is 2. The summed E-state index contributed by atoms with van der Waals surface area (Å²) in [4.78, 5) is 20.0. The van der Waals surface area contributed by atoms with Gasteiger partial charge in [-0.2, -0.15) is 5.21 Å². The third-order valence-corrected chi connectivity index (χ3v) is 0.822. The summed E-state index contributed by atoms with van der Waals surface area (Å²) < 4.78 is 0. The Hall–Kier alpha value is -2.33. The van der Waals surface area contributed by atoms with Gasteiger partial charge in [-0.3, -0.25) is 0 Å². The summed E-state index contributed by atoms with van der Waals surface area (Å²) >= 11 is 0. The van der Waals surface area contributed by atoms with E-state index >= 15 is 0 Å². The van der Waals surface area contributed by atoms with E-state index in [1.807, 2.05) is 5.21 Å². The van der Waals surface area contributed by atoms with Gasteiger partial charge in [0.1, 0.15) is 0 Å². The number of hydrogen-bond donors (Lipinski definition) is 1. The predicted octanol–water partition coefficient (Wildman–Crippen LogP) is -1.61. The molecule has 11 heteroatoms. The van der Waals surface area contributed by atoms with Gasteiger partial charge >= 0.3 is 5.95 Å². The number of hydrogen-bond acceptors (Lipinski definition) is 7. The van der Waals surface area contributed by atoms with E-state index in [-0.39, 0.29) is 0 Å². The Balaban J connectivity index is 2.96. The van der Waals surface area contributed by atoms with Gasteiger partial charge in [-0.15, -0.1) is 5.10 Å². The van der Waals surface area contributed by atoms with Crippen molar-refractivity contribution in [1.82, 2.24) is 20.6 Å². The average Bonchev–Trinajstić information content (AvgIpc) is 2.37. The minimum Gasteiger partial charge on any atom is -0.230 e. The zero-order chi connectivity index (χ0) is 9.14. The maximum atomic E-state index is 10.0. The molecule has 1 N–H and O–H groups in total. The molecule has 0 unspecified atom stereocenters. The third kappa shape index (κ3) is 1.23. The number of nitrogens with zero attached hydrogens (tertiary/aromatic N) is 6. The fourth-order valence-electron chi connectivity index (χ4n) is 0.447. The average molecular weight is 175 g/mol. The molecule has 0 aliphatic heterocycles.